The Kier molecular flexibility index (Phi) is 8.21. The molecule has 1 aromatic heterocycles. The number of aliphatic hydroxyl groups excluding tert-OH is 1. The number of allylic oxidation sites excluding steroid dienone is 1. The zero-order valence-corrected chi connectivity index (χ0v) is 22.0. The highest BCUT2D eigenvalue weighted by Crippen LogP contribution is 2.31. The van der Waals surface area contributed by atoms with Gasteiger partial charge in [-0.25, -0.2) is 9.37 Å². The Labute approximate surface area is 223 Å². The molecule has 5 rings (SSSR count). The van der Waals surface area contributed by atoms with Crippen molar-refractivity contribution in [2.45, 2.75) is 70.2 Å². The number of amides is 1. The fourth-order valence-corrected chi connectivity index (χ4v) is 5.16. The third-order valence-electron chi connectivity index (χ3n) is 7.36. The fourth-order valence-electron chi connectivity index (χ4n) is 5.16. The van der Waals surface area contributed by atoms with Gasteiger partial charge in [0.2, 0.25) is 5.91 Å². The molecule has 1 amide bonds. The van der Waals surface area contributed by atoms with Gasteiger partial charge in [0, 0.05) is 50.0 Å². The van der Waals surface area contributed by atoms with Gasteiger partial charge in [-0.3, -0.25) is 4.79 Å². The highest BCUT2D eigenvalue weighted by Gasteiger charge is 2.29. The van der Waals surface area contributed by atoms with Crippen LogP contribution in [0.15, 0.2) is 42.2 Å². The zero-order valence-electron chi connectivity index (χ0n) is 22.0. The van der Waals surface area contributed by atoms with Crippen LogP contribution in [0.4, 0.5) is 4.39 Å². The van der Waals surface area contributed by atoms with Crippen molar-refractivity contribution in [3.8, 4) is 11.3 Å². The lowest BCUT2D eigenvalue weighted by atomic mass is 9.90. The summed E-state index contributed by atoms with van der Waals surface area (Å²) in [6.45, 7) is 4.77. The minimum Gasteiger partial charge on any atom is -0.492 e. The van der Waals surface area contributed by atoms with Crippen LogP contribution in [0.2, 0.25) is 0 Å². The Balaban J connectivity index is 1.34. The van der Waals surface area contributed by atoms with E-state index in [4.69, 9.17) is 14.5 Å². The number of aromatic nitrogens is 1. The summed E-state index contributed by atoms with van der Waals surface area (Å²) in [6.07, 6.45) is 7.76. The molecule has 0 radical (unpaired) electrons. The number of nitrogens with zero attached hydrogens (tertiary/aromatic N) is 1. The Morgan fingerprint density at radius 2 is 2.08 bits per heavy atom. The second-order valence-corrected chi connectivity index (χ2v) is 10.5. The maximum atomic E-state index is 15.1. The van der Waals surface area contributed by atoms with E-state index in [-0.39, 0.29) is 36.6 Å². The molecule has 1 aromatic carbocycles. The molecule has 2 saturated heterocycles. The summed E-state index contributed by atoms with van der Waals surface area (Å²) in [4.78, 5) is 16.0. The second-order valence-electron chi connectivity index (χ2n) is 10.5. The van der Waals surface area contributed by atoms with Gasteiger partial charge in [-0.1, -0.05) is 30.3 Å². The predicted octanol–water partition coefficient (Wildman–Crippen LogP) is 4.14. The van der Waals surface area contributed by atoms with E-state index in [1.54, 1.807) is 6.92 Å². The number of pyridine rings is 1. The molecular formula is C30H36FN3O4. The average molecular weight is 522 g/mol. The number of carbonyl (C=O) groups excluding carboxylic acids is 1. The number of ether oxygens (including phenoxy) is 2. The normalized spacial score (nSPS) is 25.2. The number of nitrogens with one attached hydrogen (secondary N) is 2. The van der Waals surface area contributed by atoms with Gasteiger partial charge < -0.3 is 25.2 Å². The molecular weight excluding hydrogens is 485 g/mol. The van der Waals surface area contributed by atoms with Crippen molar-refractivity contribution >= 4 is 17.6 Å². The lowest BCUT2D eigenvalue weighted by molar-refractivity contribution is -0.119. The third kappa shape index (κ3) is 6.67. The smallest absolute Gasteiger partial charge is 0.217 e. The summed E-state index contributed by atoms with van der Waals surface area (Å²) >= 11 is 0. The Morgan fingerprint density at radius 1 is 1.32 bits per heavy atom. The summed E-state index contributed by atoms with van der Waals surface area (Å²) in [5.41, 5.74) is 4.80. The number of rotatable bonds is 9. The first-order valence-corrected chi connectivity index (χ1v) is 13.4. The molecule has 3 aliphatic rings. The topological polar surface area (TPSA) is 103 Å². The van der Waals surface area contributed by atoms with Gasteiger partial charge in [-0.2, -0.15) is 0 Å². The van der Waals surface area contributed by atoms with Crippen molar-refractivity contribution < 1.29 is 23.8 Å². The number of carbonyl (C=O) groups is 1. The molecule has 0 bridgehead atoms. The summed E-state index contributed by atoms with van der Waals surface area (Å²) in [6, 6.07) is 9.95. The maximum absolute atomic E-state index is 15.1. The van der Waals surface area contributed by atoms with E-state index < -0.39 is 0 Å². The van der Waals surface area contributed by atoms with Crippen LogP contribution in [-0.4, -0.2) is 60.0 Å². The van der Waals surface area contributed by atoms with Crippen LogP contribution in [0.5, 0.6) is 0 Å². The Bertz CT molecular complexity index is 1220. The minimum atomic E-state index is -0.358. The van der Waals surface area contributed by atoms with Crippen LogP contribution in [0.3, 0.4) is 0 Å². The highest BCUT2D eigenvalue weighted by atomic mass is 19.1. The lowest BCUT2D eigenvalue weighted by Crippen LogP contribution is -2.33. The first-order valence-electron chi connectivity index (χ1n) is 13.4. The zero-order chi connectivity index (χ0) is 26.6. The number of halogens is 1. The molecule has 2 fully saturated rings. The summed E-state index contributed by atoms with van der Waals surface area (Å²) in [5, 5.41) is 15.7. The van der Waals surface area contributed by atoms with E-state index >= 15 is 4.39 Å². The van der Waals surface area contributed by atoms with Gasteiger partial charge in [0.15, 0.2) is 0 Å². The van der Waals surface area contributed by atoms with Crippen LogP contribution in [0, 0.1) is 12.7 Å². The monoisotopic (exact) mass is 521 g/mol. The third-order valence-corrected chi connectivity index (χ3v) is 7.36. The molecule has 7 nitrogen and oxygen atoms in total. The van der Waals surface area contributed by atoms with Crippen molar-refractivity contribution in [3.05, 3.63) is 64.8 Å². The van der Waals surface area contributed by atoms with Gasteiger partial charge in [0.25, 0.3) is 0 Å². The molecule has 3 heterocycles. The minimum absolute atomic E-state index is 0.00354. The number of hydrogen-bond donors (Lipinski definition) is 3. The van der Waals surface area contributed by atoms with Crippen molar-refractivity contribution in [1.82, 2.24) is 15.6 Å². The van der Waals surface area contributed by atoms with E-state index in [1.165, 1.54) is 11.6 Å². The molecule has 8 heteroatoms. The summed E-state index contributed by atoms with van der Waals surface area (Å²) < 4.78 is 26.9. The van der Waals surface area contributed by atoms with Crippen molar-refractivity contribution in [1.29, 1.82) is 0 Å². The predicted molar refractivity (Wildman–Crippen MR) is 145 cm³/mol. The lowest BCUT2D eigenvalue weighted by Gasteiger charge is -2.22. The number of aryl methyl sites for hydroxylation is 1. The van der Waals surface area contributed by atoms with Gasteiger partial charge in [-0.15, -0.1) is 0 Å². The number of hydrogen-bond acceptors (Lipinski definition) is 6. The van der Waals surface area contributed by atoms with E-state index in [0.29, 0.717) is 30.5 Å². The van der Waals surface area contributed by atoms with Crippen LogP contribution < -0.4 is 10.6 Å². The maximum Gasteiger partial charge on any atom is 0.217 e. The Morgan fingerprint density at radius 3 is 2.71 bits per heavy atom. The highest BCUT2D eigenvalue weighted by molar-refractivity contribution is 5.74. The van der Waals surface area contributed by atoms with Crippen LogP contribution in [0.1, 0.15) is 55.8 Å². The van der Waals surface area contributed by atoms with E-state index in [0.717, 1.165) is 54.7 Å². The first-order chi connectivity index (χ1) is 18.4. The van der Waals surface area contributed by atoms with E-state index in [9.17, 15) is 9.90 Å². The molecule has 202 valence electrons. The molecule has 3 N–H and O–H groups in total. The number of aliphatic hydroxyl groups is 1. The molecule has 2 aliphatic heterocycles. The van der Waals surface area contributed by atoms with Crippen molar-refractivity contribution in [2.24, 2.45) is 0 Å². The van der Waals surface area contributed by atoms with Crippen LogP contribution in [0.25, 0.3) is 22.9 Å². The van der Waals surface area contributed by atoms with Crippen molar-refractivity contribution in [3.63, 3.8) is 0 Å². The van der Waals surface area contributed by atoms with Crippen molar-refractivity contribution in [2.75, 3.05) is 19.8 Å². The van der Waals surface area contributed by atoms with Gasteiger partial charge in [-0.05, 0) is 49.0 Å². The molecule has 3 unspecified atom stereocenters. The molecule has 0 saturated carbocycles. The van der Waals surface area contributed by atoms with E-state index in [1.807, 2.05) is 37.3 Å². The second kappa shape index (κ2) is 11.8. The van der Waals surface area contributed by atoms with E-state index in [2.05, 4.69) is 16.7 Å². The average Bonchev–Trinajstić information content (AvgIpc) is 3.60. The van der Waals surface area contributed by atoms with Gasteiger partial charge in [0.1, 0.15) is 23.4 Å². The standard InChI is InChI=1S/C30H36FN3O4/c1-18-11-28(31)30(22-5-3-20(4-6-22)21-7-9-23(10-8-21)33-19(2)36)34-29(18)14-25(12-24-15-32-24)38-27-13-26(16-35)37-17-27/h3-7,11,14,23-24,26-27,32,35H,8-10,12-13,15-17H2,1-2H3,(H,33,36)/b25-14+/t23?,24?,26?,27-/m0/s1. The SMILES string of the molecule is CC(=O)NC1CC=C(c2ccc(-c3nc(/C=C(\CC4CN4)O[C@@H]4COC(CO)C4)c(C)cc3F)cc2)CC1. The van der Waals surface area contributed by atoms with Gasteiger partial charge >= 0.3 is 0 Å². The molecule has 1 aliphatic carbocycles. The quantitative estimate of drug-likeness (QED) is 0.339. The fraction of sp³-hybridized carbons (Fsp3) is 0.467. The molecule has 38 heavy (non-hydrogen) atoms. The largest absolute Gasteiger partial charge is 0.492 e. The molecule has 4 atom stereocenters. The Hall–Kier alpha value is -3.07. The summed E-state index contributed by atoms with van der Waals surface area (Å²) in [5.74, 6) is 0.435. The van der Waals surface area contributed by atoms with Crippen LogP contribution in [-0.2, 0) is 14.3 Å². The first kappa shape index (κ1) is 26.5. The van der Waals surface area contributed by atoms with Gasteiger partial charge in [0.05, 0.1) is 25.0 Å². The molecule has 0 spiro atoms. The van der Waals surface area contributed by atoms with Crippen LogP contribution >= 0.6 is 0 Å². The molecule has 2 aromatic rings. The summed E-state index contributed by atoms with van der Waals surface area (Å²) in [7, 11) is 0. The number of benzene rings is 1.